The van der Waals surface area contributed by atoms with Crippen molar-refractivity contribution in [2.45, 2.75) is 0 Å². The fraction of sp³-hybridized carbons (Fsp3) is 0.100. The molecular weight excluding hydrogens is 349 g/mol. The number of halogens is 1. The van der Waals surface area contributed by atoms with Crippen LogP contribution in [0.4, 0.5) is 21.5 Å². The molecule has 1 amide bonds. The summed E-state index contributed by atoms with van der Waals surface area (Å²) in [6.07, 6.45) is 3.03. The van der Waals surface area contributed by atoms with E-state index in [4.69, 9.17) is 9.47 Å². The number of hydrogen-bond acceptors (Lipinski definition) is 5. The van der Waals surface area contributed by atoms with E-state index in [1.807, 2.05) is 0 Å². The van der Waals surface area contributed by atoms with Crippen LogP contribution < -0.4 is 20.1 Å². The molecule has 138 valence electrons. The average molecular weight is 367 g/mol. The summed E-state index contributed by atoms with van der Waals surface area (Å²) in [6, 6.07) is 12.7. The minimum Gasteiger partial charge on any atom is -0.497 e. The Balaban J connectivity index is 1.78. The first-order chi connectivity index (χ1) is 13.1. The van der Waals surface area contributed by atoms with Crippen molar-refractivity contribution < 1.29 is 18.7 Å². The van der Waals surface area contributed by atoms with Crippen LogP contribution in [-0.4, -0.2) is 25.1 Å². The lowest BCUT2D eigenvalue weighted by Gasteiger charge is -2.12. The van der Waals surface area contributed by atoms with Gasteiger partial charge in [-0.2, -0.15) is 0 Å². The number of nitrogens with zero attached hydrogens (tertiary/aromatic N) is 1. The fourth-order valence-electron chi connectivity index (χ4n) is 2.44. The summed E-state index contributed by atoms with van der Waals surface area (Å²) in [5, 5.41) is 5.87. The molecule has 3 rings (SSSR count). The van der Waals surface area contributed by atoms with Gasteiger partial charge >= 0.3 is 0 Å². The number of methoxy groups -OCH3 is 2. The average Bonchev–Trinajstić information content (AvgIpc) is 2.70. The van der Waals surface area contributed by atoms with Crippen molar-refractivity contribution in [3.05, 3.63) is 72.3 Å². The normalized spacial score (nSPS) is 10.2. The molecule has 0 fully saturated rings. The Hall–Kier alpha value is -3.61. The summed E-state index contributed by atoms with van der Waals surface area (Å²) in [6.45, 7) is 0. The largest absolute Gasteiger partial charge is 0.497 e. The van der Waals surface area contributed by atoms with Gasteiger partial charge in [-0.3, -0.25) is 9.78 Å². The first-order valence-corrected chi connectivity index (χ1v) is 8.10. The van der Waals surface area contributed by atoms with Crippen LogP contribution in [0.1, 0.15) is 10.4 Å². The Morgan fingerprint density at radius 2 is 1.74 bits per heavy atom. The van der Waals surface area contributed by atoms with E-state index in [9.17, 15) is 9.18 Å². The van der Waals surface area contributed by atoms with E-state index < -0.39 is 0 Å². The highest BCUT2D eigenvalue weighted by Gasteiger charge is 2.12. The van der Waals surface area contributed by atoms with Gasteiger partial charge in [-0.15, -0.1) is 0 Å². The monoisotopic (exact) mass is 367 g/mol. The van der Waals surface area contributed by atoms with Crippen molar-refractivity contribution in [3.8, 4) is 11.5 Å². The standard InChI is InChI=1S/C20H18FN3O3/c1-26-17-7-8-19(27-2)18(10-17)24-20(25)13-9-16(12-22-11-13)23-15-5-3-14(21)4-6-15/h3-12,23H,1-2H3,(H,24,25). The van der Waals surface area contributed by atoms with Crippen molar-refractivity contribution in [2.24, 2.45) is 0 Å². The number of hydrogen-bond donors (Lipinski definition) is 2. The van der Waals surface area contributed by atoms with Crippen LogP contribution in [0.25, 0.3) is 0 Å². The van der Waals surface area contributed by atoms with Gasteiger partial charge in [-0.25, -0.2) is 4.39 Å². The number of aromatic nitrogens is 1. The van der Waals surface area contributed by atoms with Crippen molar-refractivity contribution in [3.63, 3.8) is 0 Å². The first kappa shape index (κ1) is 18.2. The SMILES string of the molecule is COc1ccc(OC)c(NC(=O)c2cncc(Nc3ccc(F)cc3)c2)c1. The number of ether oxygens (including phenoxy) is 2. The van der Waals surface area contributed by atoms with Crippen LogP contribution in [0.15, 0.2) is 60.9 Å². The maximum Gasteiger partial charge on any atom is 0.257 e. The lowest BCUT2D eigenvalue weighted by molar-refractivity contribution is 0.102. The molecule has 1 aromatic heterocycles. The van der Waals surface area contributed by atoms with Crippen molar-refractivity contribution in [1.82, 2.24) is 4.98 Å². The highest BCUT2D eigenvalue weighted by Crippen LogP contribution is 2.29. The minimum atomic E-state index is -0.350. The van der Waals surface area contributed by atoms with Gasteiger partial charge in [0.25, 0.3) is 5.91 Å². The quantitative estimate of drug-likeness (QED) is 0.682. The molecule has 0 aliphatic heterocycles. The van der Waals surface area contributed by atoms with Gasteiger partial charge in [0, 0.05) is 18.0 Å². The molecule has 0 saturated heterocycles. The second-order valence-corrected chi connectivity index (χ2v) is 5.61. The van der Waals surface area contributed by atoms with E-state index in [2.05, 4.69) is 15.6 Å². The Bertz CT molecular complexity index is 945. The molecule has 0 spiro atoms. The van der Waals surface area contributed by atoms with Crippen molar-refractivity contribution >= 4 is 23.0 Å². The van der Waals surface area contributed by atoms with Gasteiger partial charge in [0.05, 0.1) is 37.4 Å². The first-order valence-electron chi connectivity index (χ1n) is 8.10. The smallest absolute Gasteiger partial charge is 0.257 e. The zero-order valence-corrected chi connectivity index (χ0v) is 14.8. The number of amides is 1. The topological polar surface area (TPSA) is 72.5 Å². The molecule has 0 aliphatic carbocycles. The van der Waals surface area contributed by atoms with E-state index >= 15 is 0 Å². The second-order valence-electron chi connectivity index (χ2n) is 5.61. The molecule has 27 heavy (non-hydrogen) atoms. The molecule has 7 heteroatoms. The zero-order valence-electron chi connectivity index (χ0n) is 14.8. The molecule has 0 atom stereocenters. The van der Waals surface area contributed by atoms with Crippen LogP contribution in [0.3, 0.4) is 0 Å². The summed E-state index contributed by atoms with van der Waals surface area (Å²) >= 11 is 0. The minimum absolute atomic E-state index is 0.320. The number of benzene rings is 2. The van der Waals surface area contributed by atoms with Crippen molar-refractivity contribution in [1.29, 1.82) is 0 Å². The molecule has 2 N–H and O–H groups in total. The van der Waals surface area contributed by atoms with Crippen LogP contribution in [0.5, 0.6) is 11.5 Å². The third-order valence-corrected chi connectivity index (χ3v) is 3.79. The van der Waals surface area contributed by atoms with Crippen LogP contribution in [0.2, 0.25) is 0 Å². The number of anilines is 3. The van der Waals surface area contributed by atoms with Gasteiger partial charge in [0.2, 0.25) is 0 Å². The lowest BCUT2D eigenvalue weighted by atomic mass is 10.2. The number of carbonyl (C=O) groups excluding carboxylic acids is 1. The van der Waals surface area contributed by atoms with E-state index in [0.717, 1.165) is 0 Å². The summed E-state index contributed by atoms with van der Waals surface area (Å²) in [7, 11) is 3.06. The molecule has 2 aromatic carbocycles. The summed E-state index contributed by atoms with van der Waals surface area (Å²) < 4.78 is 23.5. The Kier molecular flexibility index (Phi) is 5.51. The molecule has 1 heterocycles. The molecule has 6 nitrogen and oxygen atoms in total. The van der Waals surface area contributed by atoms with Gasteiger partial charge in [-0.1, -0.05) is 0 Å². The highest BCUT2D eigenvalue weighted by atomic mass is 19.1. The molecule has 0 radical (unpaired) electrons. The Morgan fingerprint density at radius 3 is 2.44 bits per heavy atom. The highest BCUT2D eigenvalue weighted by molar-refractivity contribution is 6.05. The lowest BCUT2D eigenvalue weighted by Crippen LogP contribution is -2.13. The third kappa shape index (κ3) is 4.52. The summed E-state index contributed by atoms with van der Waals surface area (Å²) in [5.41, 5.74) is 2.13. The molecule has 0 unspecified atom stereocenters. The predicted octanol–water partition coefficient (Wildman–Crippen LogP) is 4.23. The van der Waals surface area contributed by atoms with Gasteiger partial charge in [0.1, 0.15) is 17.3 Å². The summed E-state index contributed by atoms with van der Waals surface area (Å²) in [4.78, 5) is 16.7. The van der Waals surface area contributed by atoms with Gasteiger partial charge in [0.15, 0.2) is 0 Å². The molecule has 0 aliphatic rings. The molecular formula is C20H18FN3O3. The van der Waals surface area contributed by atoms with E-state index in [1.54, 1.807) is 49.7 Å². The zero-order chi connectivity index (χ0) is 19.2. The van der Waals surface area contributed by atoms with Crippen LogP contribution >= 0.6 is 0 Å². The van der Waals surface area contributed by atoms with E-state index in [1.165, 1.54) is 25.4 Å². The number of rotatable bonds is 6. The summed E-state index contributed by atoms with van der Waals surface area (Å²) in [5.74, 6) is 0.435. The maximum absolute atomic E-state index is 13.0. The van der Waals surface area contributed by atoms with E-state index in [0.29, 0.717) is 34.1 Å². The van der Waals surface area contributed by atoms with Crippen LogP contribution in [0, 0.1) is 5.82 Å². The Morgan fingerprint density at radius 1 is 0.963 bits per heavy atom. The Labute approximate surface area is 156 Å². The van der Waals surface area contributed by atoms with Gasteiger partial charge in [-0.05, 0) is 42.5 Å². The predicted molar refractivity (Wildman–Crippen MR) is 101 cm³/mol. The van der Waals surface area contributed by atoms with E-state index in [-0.39, 0.29) is 11.7 Å². The molecule has 3 aromatic rings. The maximum atomic E-state index is 13.0. The van der Waals surface area contributed by atoms with Gasteiger partial charge < -0.3 is 20.1 Å². The number of carbonyl (C=O) groups is 1. The molecule has 0 bridgehead atoms. The van der Waals surface area contributed by atoms with Crippen molar-refractivity contribution in [2.75, 3.05) is 24.9 Å². The number of nitrogens with one attached hydrogen (secondary N) is 2. The number of pyridine rings is 1. The second kappa shape index (κ2) is 8.18. The third-order valence-electron chi connectivity index (χ3n) is 3.79. The fourth-order valence-corrected chi connectivity index (χ4v) is 2.44. The van der Waals surface area contributed by atoms with Crippen LogP contribution in [-0.2, 0) is 0 Å². The molecule has 0 saturated carbocycles.